The molecule has 0 bridgehead atoms. The number of carbonyl (C=O) groups excluding carboxylic acids is 2. The van der Waals surface area contributed by atoms with Crippen molar-refractivity contribution >= 4 is 17.5 Å². The molecule has 0 aromatic heterocycles. The molecule has 2 heterocycles. The Kier molecular flexibility index (Phi) is 9.54. The molecule has 4 N–H and O–H groups in total. The van der Waals surface area contributed by atoms with Crippen molar-refractivity contribution < 1.29 is 23.5 Å². The van der Waals surface area contributed by atoms with Gasteiger partial charge in [-0.05, 0) is 61.6 Å². The Morgan fingerprint density at radius 1 is 0.975 bits per heavy atom. The number of anilines is 1. The molecule has 3 aliphatic rings. The summed E-state index contributed by atoms with van der Waals surface area (Å²) in [6.45, 7) is 3.18. The second-order valence-corrected chi connectivity index (χ2v) is 11.2. The number of rotatable bonds is 9. The van der Waals surface area contributed by atoms with E-state index in [9.17, 15) is 14.0 Å². The lowest BCUT2D eigenvalue weighted by atomic mass is 9.83. The number of nitrogens with zero attached hydrogens (tertiary/aromatic N) is 1. The van der Waals surface area contributed by atoms with Crippen LogP contribution in [0.2, 0.25) is 0 Å². The number of benzene rings is 2. The number of nitrogens with two attached hydrogens (primary N) is 1. The van der Waals surface area contributed by atoms with E-state index in [1.54, 1.807) is 6.07 Å². The zero-order valence-corrected chi connectivity index (χ0v) is 23.1. The largest absolute Gasteiger partial charge is 0.490 e. The first-order valence-electron chi connectivity index (χ1n) is 14.8. The number of carbonyl (C=O) groups is 2. The molecule has 5 rings (SSSR count). The van der Waals surface area contributed by atoms with Gasteiger partial charge in [-0.1, -0.05) is 19.3 Å². The molecule has 2 amide bonds. The summed E-state index contributed by atoms with van der Waals surface area (Å²) >= 11 is 0. The summed E-state index contributed by atoms with van der Waals surface area (Å²) in [6, 6.07) is 10.2. The molecule has 2 aromatic carbocycles. The molecule has 1 aliphatic carbocycles. The Balaban J connectivity index is 1.21. The van der Waals surface area contributed by atoms with Gasteiger partial charge in [-0.2, -0.15) is 0 Å². The lowest BCUT2D eigenvalue weighted by Crippen LogP contribution is -2.41. The zero-order chi connectivity index (χ0) is 27.9. The van der Waals surface area contributed by atoms with E-state index in [1.165, 1.54) is 37.0 Å². The van der Waals surface area contributed by atoms with E-state index >= 15 is 0 Å². The molecule has 8 nitrogen and oxygen atoms in total. The van der Waals surface area contributed by atoms with Crippen molar-refractivity contribution in [2.24, 2.45) is 5.73 Å². The van der Waals surface area contributed by atoms with Crippen molar-refractivity contribution in [2.45, 2.75) is 75.9 Å². The van der Waals surface area contributed by atoms with Gasteiger partial charge in [0.2, 0.25) is 5.91 Å². The molecule has 1 saturated carbocycles. The molecular formula is C31H41FN4O4. The highest BCUT2D eigenvalue weighted by Crippen LogP contribution is 2.39. The van der Waals surface area contributed by atoms with Crippen LogP contribution in [0.3, 0.4) is 0 Å². The predicted molar refractivity (Wildman–Crippen MR) is 152 cm³/mol. The molecule has 2 saturated heterocycles. The van der Waals surface area contributed by atoms with Gasteiger partial charge in [0, 0.05) is 68.8 Å². The zero-order valence-electron chi connectivity index (χ0n) is 23.1. The van der Waals surface area contributed by atoms with Crippen LogP contribution < -0.4 is 25.8 Å². The summed E-state index contributed by atoms with van der Waals surface area (Å²) in [4.78, 5) is 27.3. The Hall–Kier alpha value is -3.17. The van der Waals surface area contributed by atoms with Crippen molar-refractivity contribution in [2.75, 3.05) is 38.0 Å². The maximum Gasteiger partial charge on any atom is 0.253 e. The van der Waals surface area contributed by atoms with Crippen LogP contribution in [0.15, 0.2) is 36.4 Å². The van der Waals surface area contributed by atoms with E-state index in [0.29, 0.717) is 48.8 Å². The number of hydrogen-bond acceptors (Lipinski definition) is 6. The van der Waals surface area contributed by atoms with Gasteiger partial charge >= 0.3 is 0 Å². The van der Waals surface area contributed by atoms with Gasteiger partial charge < -0.3 is 30.7 Å². The third-order valence-corrected chi connectivity index (χ3v) is 8.17. The van der Waals surface area contributed by atoms with Gasteiger partial charge in [0.25, 0.3) is 5.91 Å². The lowest BCUT2D eigenvalue weighted by Gasteiger charge is -2.33. The molecule has 2 aliphatic heterocycles. The molecule has 1 atom stereocenters. The van der Waals surface area contributed by atoms with Crippen LogP contribution in [0.4, 0.5) is 10.1 Å². The predicted octanol–water partition coefficient (Wildman–Crippen LogP) is 4.59. The van der Waals surface area contributed by atoms with Gasteiger partial charge in [-0.3, -0.25) is 9.59 Å². The topological polar surface area (TPSA) is 106 Å². The van der Waals surface area contributed by atoms with Crippen LogP contribution in [0.1, 0.15) is 79.6 Å². The van der Waals surface area contributed by atoms with E-state index < -0.39 is 5.82 Å². The summed E-state index contributed by atoms with van der Waals surface area (Å²) in [6.07, 6.45) is 8.46. The number of ether oxygens (including phenoxy) is 2. The van der Waals surface area contributed by atoms with E-state index in [2.05, 4.69) is 16.7 Å². The van der Waals surface area contributed by atoms with Crippen LogP contribution in [0.5, 0.6) is 11.5 Å². The Morgan fingerprint density at radius 2 is 1.77 bits per heavy atom. The number of hydrogen-bond donors (Lipinski definition) is 3. The molecule has 2 aromatic rings. The minimum atomic E-state index is -0.487. The fourth-order valence-electron chi connectivity index (χ4n) is 6.04. The monoisotopic (exact) mass is 552 g/mol. The highest BCUT2D eigenvalue weighted by atomic mass is 19.1. The third-order valence-electron chi connectivity index (χ3n) is 8.17. The fraction of sp³-hybridized carbons (Fsp3) is 0.548. The van der Waals surface area contributed by atoms with Crippen molar-refractivity contribution in [3.05, 3.63) is 53.3 Å². The van der Waals surface area contributed by atoms with Crippen molar-refractivity contribution in [3.63, 3.8) is 0 Å². The third kappa shape index (κ3) is 7.31. The first kappa shape index (κ1) is 28.4. The first-order valence-corrected chi connectivity index (χ1v) is 14.8. The van der Waals surface area contributed by atoms with Gasteiger partial charge in [0.15, 0.2) is 0 Å². The fourth-order valence-corrected chi connectivity index (χ4v) is 6.04. The molecule has 3 fully saturated rings. The van der Waals surface area contributed by atoms with Crippen molar-refractivity contribution in [3.8, 4) is 11.5 Å². The van der Waals surface area contributed by atoms with Crippen LogP contribution in [-0.2, 0) is 4.79 Å². The summed E-state index contributed by atoms with van der Waals surface area (Å²) in [5.41, 5.74) is 7.64. The SMILES string of the molecule is NCCC(=O)Nc1cc(F)cc(OC2CCN(C(=O)c3ccc(OC4CCNC4)c(C4CCCCC4)c3)CC2)c1. The summed E-state index contributed by atoms with van der Waals surface area (Å²) in [5, 5.41) is 6.01. The van der Waals surface area contributed by atoms with E-state index in [4.69, 9.17) is 15.2 Å². The molecule has 9 heteroatoms. The first-order chi connectivity index (χ1) is 19.5. The normalized spacial score (nSPS) is 20.4. The smallest absolute Gasteiger partial charge is 0.253 e. The summed E-state index contributed by atoms with van der Waals surface area (Å²) in [5.74, 6) is 0.989. The maximum absolute atomic E-state index is 14.2. The van der Waals surface area contributed by atoms with Crippen LogP contribution in [-0.4, -0.2) is 61.6 Å². The Bertz CT molecular complexity index is 1170. The molecule has 40 heavy (non-hydrogen) atoms. The summed E-state index contributed by atoms with van der Waals surface area (Å²) in [7, 11) is 0. The molecular weight excluding hydrogens is 511 g/mol. The highest BCUT2D eigenvalue weighted by Gasteiger charge is 2.28. The molecule has 0 spiro atoms. The van der Waals surface area contributed by atoms with E-state index in [0.717, 1.165) is 38.1 Å². The highest BCUT2D eigenvalue weighted by molar-refractivity contribution is 5.94. The van der Waals surface area contributed by atoms with E-state index in [1.807, 2.05) is 17.0 Å². The standard InChI is InChI=1S/C31H41FN4O4/c32-23-17-24(35-30(37)8-12-33)19-27(18-23)39-25-10-14-36(15-11-25)31(38)22-6-7-29(40-26-9-13-34-20-26)28(16-22)21-4-2-1-3-5-21/h6-7,16-19,21,25-26,34H,1-5,8-15,20,33H2,(H,35,37). The average Bonchev–Trinajstić information content (AvgIpc) is 3.47. The van der Waals surface area contributed by atoms with Crippen molar-refractivity contribution in [1.82, 2.24) is 10.2 Å². The van der Waals surface area contributed by atoms with E-state index in [-0.39, 0.29) is 37.0 Å². The minimum Gasteiger partial charge on any atom is -0.490 e. The van der Waals surface area contributed by atoms with Crippen LogP contribution in [0.25, 0.3) is 0 Å². The minimum absolute atomic E-state index is 0.0280. The number of amides is 2. The molecule has 0 radical (unpaired) electrons. The lowest BCUT2D eigenvalue weighted by molar-refractivity contribution is -0.116. The van der Waals surface area contributed by atoms with Gasteiger partial charge in [0.05, 0.1) is 0 Å². The second kappa shape index (κ2) is 13.5. The molecule has 1 unspecified atom stereocenters. The Morgan fingerprint density at radius 3 is 2.50 bits per heavy atom. The van der Waals surface area contributed by atoms with Gasteiger partial charge in [0.1, 0.15) is 29.5 Å². The Labute approximate surface area is 235 Å². The summed E-state index contributed by atoms with van der Waals surface area (Å²) < 4.78 is 26.6. The average molecular weight is 553 g/mol. The van der Waals surface area contributed by atoms with Gasteiger partial charge in [-0.15, -0.1) is 0 Å². The number of piperidine rings is 1. The number of nitrogens with one attached hydrogen (secondary N) is 2. The van der Waals surface area contributed by atoms with Crippen molar-refractivity contribution in [1.29, 1.82) is 0 Å². The molecule has 216 valence electrons. The maximum atomic E-state index is 14.2. The van der Waals surface area contributed by atoms with Crippen LogP contribution >= 0.6 is 0 Å². The van der Waals surface area contributed by atoms with Crippen LogP contribution in [0, 0.1) is 5.82 Å². The quantitative estimate of drug-likeness (QED) is 0.420. The number of likely N-dealkylation sites (tertiary alicyclic amines) is 1. The van der Waals surface area contributed by atoms with Gasteiger partial charge in [-0.25, -0.2) is 4.39 Å². The number of halogens is 1. The second-order valence-electron chi connectivity index (χ2n) is 11.2.